The molecule has 0 radical (unpaired) electrons. The summed E-state index contributed by atoms with van der Waals surface area (Å²) in [6.07, 6.45) is 82.1. The van der Waals surface area contributed by atoms with Crippen LogP contribution in [0.5, 0.6) is 0 Å². The fourth-order valence-corrected chi connectivity index (χ4v) is 10.9. The minimum atomic E-state index is -0.669. The lowest BCUT2D eigenvalue weighted by Crippen LogP contribution is -2.45. The highest BCUT2D eigenvalue weighted by Gasteiger charge is 2.20. The van der Waals surface area contributed by atoms with E-state index in [0.29, 0.717) is 25.9 Å². The maximum absolute atomic E-state index is 12.5. The number of carbonyl (C=O) groups is 2. The fraction of sp³-hybridized carbons (Fsp3) is 0.914. The lowest BCUT2D eigenvalue weighted by molar-refractivity contribution is -0.143. The molecule has 0 saturated carbocycles. The smallest absolute Gasteiger partial charge is 0.305 e. The molecule has 0 aliphatic rings. The van der Waals surface area contributed by atoms with Crippen LogP contribution in [0, 0.1) is 0 Å². The zero-order valence-corrected chi connectivity index (χ0v) is 51.5. The lowest BCUT2D eigenvalue weighted by atomic mass is 10.0. The molecule has 0 aliphatic heterocycles. The van der Waals surface area contributed by atoms with Crippen molar-refractivity contribution in [2.45, 2.75) is 398 Å². The van der Waals surface area contributed by atoms with Gasteiger partial charge in [0, 0.05) is 12.8 Å². The molecule has 6 nitrogen and oxygen atoms in total. The zero-order chi connectivity index (χ0) is 55.0. The number of ether oxygens (including phenoxy) is 1. The SMILES string of the molecule is CCCCCCCC/C=C\CCCCCCCCCCCC(=O)OCCCCCCCCCCCCC/C=C\CCCCCCCCCC(=O)NC(CO)C(O)CCCCCCCCCCCCCCCCCCCC. The Morgan fingerprint density at radius 3 is 0.934 bits per heavy atom. The second-order valence-corrected chi connectivity index (χ2v) is 23.9. The molecule has 0 rings (SSSR count). The molecule has 0 bridgehead atoms. The van der Waals surface area contributed by atoms with Gasteiger partial charge in [-0.25, -0.2) is 0 Å². The highest BCUT2D eigenvalue weighted by molar-refractivity contribution is 5.76. The second-order valence-electron chi connectivity index (χ2n) is 23.9. The minimum Gasteiger partial charge on any atom is -0.466 e. The molecule has 6 heteroatoms. The van der Waals surface area contributed by atoms with E-state index in [4.69, 9.17) is 4.74 Å². The number of hydrogen-bond acceptors (Lipinski definition) is 5. The average Bonchev–Trinajstić information content (AvgIpc) is 3.42. The van der Waals surface area contributed by atoms with Crippen molar-refractivity contribution in [3.05, 3.63) is 24.3 Å². The Balaban J connectivity index is 3.40. The van der Waals surface area contributed by atoms with Crippen LogP contribution >= 0.6 is 0 Å². The van der Waals surface area contributed by atoms with E-state index >= 15 is 0 Å². The molecule has 0 aromatic carbocycles. The van der Waals surface area contributed by atoms with E-state index in [0.717, 1.165) is 44.9 Å². The Kier molecular flexibility index (Phi) is 64.4. The summed E-state index contributed by atoms with van der Waals surface area (Å²) in [6.45, 7) is 4.98. The van der Waals surface area contributed by atoms with Gasteiger partial charge in [-0.3, -0.25) is 9.59 Å². The van der Waals surface area contributed by atoms with E-state index in [1.807, 2.05) is 0 Å². The highest BCUT2D eigenvalue weighted by atomic mass is 16.5. The first-order valence-corrected chi connectivity index (χ1v) is 34.6. The molecule has 2 unspecified atom stereocenters. The van der Waals surface area contributed by atoms with Gasteiger partial charge in [0.25, 0.3) is 0 Å². The van der Waals surface area contributed by atoms with Gasteiger partial charge >= 0.3 is 5.97 Å². The first-order valence-electron chi connectivity index (χ1n) is 34.6. The van der Waals surface area contributed by atoms with Gasteiger partial charge in [0.1, 0.15) is 0 Å². The van der Waals surface area contributed by atoms with E-state index in [9.17, 15) is 19.8 Å². The molecule has 3 N–H and O–H groups in total. The van der Waals surface area contributed by atoms with E-state index in [-0.39, 0.29) is 18.5 Å². The van der Waals surface area contributed by atoms with E-state index in [2.05, 4.69) is 43.5 Å². The van der Waals surface area contributed by atoms with Crippen molar-refractivity contribution in [2.24, 2.45) is 0 Å². The third-order valence-corrected chi connectivity index (χ3v) is 16.2. The van der Waals surface area contributed by atoms with Gasteiger partial charge in [0.15, 0.2) is 0 Å². The summed E-state index contributed by atoms with van der Waals surface area (Å²) in [6, 6.07) is -0.547. The molecule has 0 aromatic heterocycles. The first kappa shape index (κ1) is 74.3. The Bertz CT molecular complexity index is 1190. The van der Waals surface area contributed by atoms with Crippen LogP contribution in [-0.2, 0) is 14.3 Å². The number of unbranched alkanes of at least 4 members (excludes halogenated alkanes) is 50. The molecular formula is C70H135NO5. The number of nitrogens with one attached hydrogen (secondary N) is 1. The Morgan fingerprint density at radius 1 is 0.355 bits per heavy atom. The number of hydrogen-bond donors (Lipinski definition) is 3. The van der Waals surface area contributed by atoms with Crippen LogP contribution in [-0.4, -0.2) is 47.4 Å². The van der Waals surface area contributed by atoms with Crippen LogP contribution in [0.25, 0.3) is 0 Å². The largest absolute Gasteiger partial charge is 0.466 e. The van der Waals surface area contributed by atoms with Crippen LogP contribution in [0.1, 0.15) is 386 Å². The fourth-order valence-electron chi connectivity index (χ4n) is 10.9. The van der Waals surface area contributed by atoms with Gasteiger partial charge in [-0.15, -0.1) is 0 Å². The molecule has 0 aromatic rings. The number of esters is 1. The summed E-state index contributed by atoms with van der Waals surface area (Å²) in [7, 11) is 0. The van der Waals surface area contributed by atoms with Gasteiger partial charge < -0.3 is 20.3 Å². The van der Waals surface area contributed by atoms with Crippen molar-refractivity contribution >= 4 is 11.9 Å². The summed E-state index contributed by atoms with van der Waals surface area (Å²) in [5, 5.41) is 23.4. The molecule has 2 atom stereocenters. The lowest BCUT2D eigenvalue weighted by Gasteiger charge is -2.22. The summed E-state index contributed by atoms with van der Waals surface area (Å²) in [5.41, 5.74) is 0. The Morgan fingerprint density at radius 2 is 0.618 bits per heavy atom. The maximum atomic E-state index is 12.5. The minimum absolute atomic E-state index is 0.0104. The normalized spacial score (nSPS) is 12.6. The molecule has 0 spiro atoms. The average molecular weight is 1070 g/mol. The molecule has 1 amide bonds. The highest BCUT2D eigenvalue weighted by Crippen LogP contribution is 2.18. The number of amides is 1. The number of carbonyl (C=O) groups excluding carboxylic acids is 2. The molecule has 0 aliphatic carbocycles. The molecule has 0 fully saturated rings. The van der Waals surface area contributed by atoms with Crippen molar-refractivity contribution in [3.8, 4) is 0 Å². The Labute approximate surface area is 475 Å². The summed E-state index contributed by atoms with van der Waals surface area (Å²) in [4.78, 5) is 24.6. The van der Waals surface area contributed by atoms with Gasteiger partial charge in [-0.2, -0.15) is 0 Å². The van der Waals surface area contributed by atoms with Crippen LogP contribution in [0.2, 0.25) is 0 Å². The van der Waals surface area contributed by atoms with Crippen molar-refractivity contribution in [3.63, 3.8) is 0 Å². The standard InChI is InChI=1S/C70H135NO5/c1-3-5-7-9-11-13-15-17-19-21-27-32-36-40-44-48-52-56-60-64-70(75)76-65-61-57-53-49-45-41-37-33-29-26-24-23-25-28-31-35-39-43-47-51-55-59-63-69(74)71-67(66-72)68(73)62-58-54-50-46-42-38-34-30-22-20-18-16-14-12-10-8-6-4-2/h17,19,25,28,67-68,72-73H,3-16,18,20-24,26-27,29-66H2,1-2H3,(H,71,74)/b19-17-,28-25-. The zero-order valence-electron chi connectivity index (χ0n) is 51.5. The van der Waals surface area contributed by atoms with Gasteiger partial charge in [-0.05, 0) is 77.0 Å². The topological polar surface area (TPSA) is 95.9 Å². The maximum Gasteiger partial charge on any atom is 0.305 e. The summed E-state index contributed by atoms with van der Waals surface area (Å²) in [5.74, 6) is -0.0281. The van der Waals surface area contributed by atoms with E-state index < -0.39 is 12.1 Å². The van der Waals surface area contributed by atoms with Gasteiger partial charge in [-0.1, -0.05) is 321 Å². The van der Waals surface area contributed by atoms with Crippen molar-refractivity contribution in [2.75, 3.05) is 13.2 Å². The predicted octanol–water partition coefficient (Wildman–Crippen LogP) is 22.1. The first-order chi connectivity index (χ1) is 37.5. The third kappa shape index (κ3) is 61.6. The van der Waals surface area contributed by atoms with E-state index in [1.54, 1.807) is 0 Å². The monoisotopic (exact) mass is 1070 g/mol. The molecular weight excluding hydrogens is 935 g/mol. The van der Waals surface area contributed by atoms with Gasteiger partial charge in [0.2, 0.25) is 5.91 Å². The summed E-state index contributed by atoms with van der Waals surface area (Å²) >= 11 is 0. The van der Waals surface area contributed by atoms with Crippen molar-refractivity contribution < 1.29 is 24.5 Å². The van der Waals surface area contributed by atoms with Crippen molar-refractivity contribution in [1.82, 2.24) is 5.32 Å². The summed E-state index contributed by atoms with van der Waals surface area (Å²) < 4.78 is 5.50. The molecule has 450 valence electrons. The molecule has 0 saturated heterocycles. The van der Waals surface area contributed by atoms with Gasteiger partial charge in [0.05, 0.1) is 25.4 Å². The molecule has 0 heterocycles. The third-order valence-electron chi connectivity index (χ3n) is 16.2. The van der Waals surface area contributed by atoms with Crippen molar-refractivity contribution in [1.29, 1.82) is 0 Å². The van der Waals surface area contributed by atoms with Crippen LogP contribution < -0.4 is 5.32 Å². The van der Waals surface area contributed by atoms with E-state index in [1.165, 1.54) is 308 Å². The number of rotatable bonds is 65. The number of allylic oxidation sites excluding steroid dienone is 4. The van der Waals surface area contributed by atoms with Crippen LogP contribution in [0.4, 0.5) is 0 Å². The molecule has 76 heavy (non-hydrogen) atoms. The predicted molar refractivity (Wildman–Crippen MR) is 333 cm³/mol. The Hall–Kier alpha value is -1.66. The second kappa shape index (κ2) is 65.9. The number of aliphatic hydroxyl groups is 2. The van der Waals surface area contributed by atoms with Crippen LogP contribution in [0.15, 0.2) is 24.3 Å². The van der Waals surface area contributed by atoms with Crippen LogP contribution in [0.3, 0.4) is 0 Å². The quantitative estimate of drug-likeness (QED) is 0.0320. The number of aliphatic hydroxyl groups excluding tert-OH is 2.